The van der Waals surface area contributed by atoms with Crippen LogP contribution in [0, 0.1) is 17.8 Å². The van der Waals surface area contributed by atoms with Crippen LogP contribution >= 0.6 is 11.6 Å². The Kier molecular flexibility index (Phi) is 5.69. The lowest BCUT2D eigenvalue weighted by Crippen LogP contribution is -2.45. The summed E-state index contributed by atoms with van der Waals surface area (Å²) in [5, 5.41) is 0.362. The molecule has 0 radical (unpaired) electrons. The fraction of sp³-hybridized carbons (Fsp3) is 0.700. The van der Waals surface area contributed by atoms with Crippen molar-refractivity contribution < 1.29 is 19.1 Å². The summed E-state index contributed by atoms with van der Waals surface area (Å²) in [6.45, 7) is 12.5. The summed E-state index contributed by atoms with van der Waals surface area (Å²) in [5.74, 6) is 1.79. The van der Waals surface area contributed by atoms with Crippen LogP contribution in [0.1, 0.15) is 41.5 Å². The second-order valence-corrected chi connectivity index (χ2v) is 10.1. The zero-order chi connectivity index (χ0) is 21.6. The maximum Gasteiger partial charge on any atom is 0.419 e. The molecule has 2 aliphatic rings. The van der Waals surface area contributed by atoms with Crippen LogP contribution in [0.3, 0.4) is 0 Å². The van der Waals surface area contributed by atoms with Crippen molar-refractivity contribution in [3.63, 3.8) is 0 Å². The minimum absolute atomic E-state index is 0.228. The minimum Gasteiger partial charge on any atom is -0.443 e. The van der Waals surface area contributed by atoms with Crippen molar-refractivity contribution in [2.45, 2.75) is 52.7 Å². The number of aromatic nitrogens is 2. The van der Waals surface area contributed by atoms with E-state index in [1.54, 1.807) is 47.7 Å². The van der Waals surface area contributed by atoms with Crippen molar-refractivity contribution in [1.29, 1.82) is 0 Å². The van der Waals surface area contributed by atoms with E-state index in [9.17, 15) is 9.59 Å². The average molecular weight is 425 g/mol. The van der Waals surface area contributed by atoms with Gasteiger partial charge in [-0.15, -0.1) is 0 Å². The summed E-state index contributed by atoms with van der Waals surface area (Å²) in [6, 6.07) is 0. The minimum atomic E-state index is -0.694. The number of nitrogens with zero attached hydrogens (tertiary/aromatic N) is 4. The van der Waals surface area contributed by atoms with Gasteiger partial charge in [-0.25, -0.2) is 24.5 Å². The zero-order valence-electron chi connectivity index (χ0n) is 17.8. The van der Waals surface area contributed by atoms with Gasteiger partial charge in [-0.3, -0.25) is 0 Å². The molecule has 2 amide bonds. The lowest BCUT2D eigenvalue weighted by Gasteiger charge is -2.29. The van der Waals surface area contributed by atoms with E-state index >= 15 is 0 Å². The van der Waals surface area contributed by atoms with E-state index in [4.69, 9.17) is 21.1 Å². The number of carbonyl (C=O) groups is 2. The molecule has 2 heterocycles. The molecule has 1 saturated heterocycles. The molecule has 0 N–H and O–H groups in total. The van der Waals surface area contributed by atoms with Gasteiger partial charge in [0.1, 0.15) is 22.2 Å². The highest BCUT2D eigenvalue weighted by Crippen LogP contribution is 2.52. The summed E-state index contributed by atoms with van der Waals surface area (Å²) in [5.41, 5.74) is -1.39. The number of fused-ring (bicyclic) bond motifs is 1. The first kappa shape index (κ1) is 21.6. The highest BCUT2D eigenvalue weighted by molar-refractivity contribution is 6.29. The van der Waals surface area contributed by atoms with E-state index in [-0.39, 0.29) is 5.92 Å². The molecule has 1 aromatic rings. The number of anilines is 1. The Balaban J connectivity index is 1.63. The summed E-state index contributed by atoms with van der Waals surface area (Å²) in [7, 11) is 0. The summed E-state index contributed by atoms with van der Waals surface area (Å²) in [6.07, 6.45) is 1.86. The lowest BCUT2D eigenvalue weighted by atomic mass is 10.2. The molecule has 3 atom stereocenters. The first-order valence-corrected chi connectivity index (χ1v) is 10.2. The Morgan fingerprint density at radius 2 is 1.55 bits per heavy atom. The van der Waals surface area contributed by atoms with Gasteiger partial charge in [0, 0.05) is 19.6 Å². The third-order valence-electron chi connectivity index (χ3n) is 4.92. The number of imide groups is 1. The number of rotatable bonds is 3. The van der Waals surface area contributed by atoms with Gasteiger partial charge >= 0.3 is 12.2 Å². The molecule has 0 spiro atoms. The van der Waals surface area contributed by atoms with Gasteiger partial charge in [0.2, 0.25) is 0 Å². The Bertz CT molecular complexity index is 732. The molecule has 0 aromatic carbocycles. The van der Waals surface area contributed by atoms with E-state index in [0.717, 1.165) is 23.8 Å². The van der Waals surface area contributed by atoms with Gasteiger partial charge in [0.05, 0.1) is 12.4 Å². The number of halogens is 1. The number of hydrogen-bond donors (Lipinski definition) is 0. The van der Waals surface area contributed by atoms with E-state index in [1.165, 1.54) is 6.20 Å². The summed E-state index contributed by atoms with van der Waals surface area (Å²) in [4.78, 5) is 36.9. The molecule has 160 valence electrons. The Morgan fingerprint density at radius 1 is 1.03 bits per heavy atom. The Hall–Kier alpha value is -2.09. The molecule has 1 unspecified atom stereocenters. The fourth-order valence-electron chi connectivity index (χ4n) is 3.64. The SMILES string of the molecule is CC(C)(C)OC(=O)N(CC1[C@H]2CN(c3cnc(Cl)cn3)C[C@@H]12)C(=O)OC(C)(C)C. The number of ether oxygens (including phenoxy) is 2. The quantitative estimate of drug-likeness (QED) is 0.725. The smallest absolute Gasteiger partial charge is 0.419 e. The van der Waals surface area contributed by atoms with Crippen LogP contribution in [0.15, 0.2) is 12.4 Å². The molecule has 0 bridgehead atoms. The maximum absolute atomic E-state index is 12.6. The van der Waals surface area contributed by atoms with Crippen molar-refractivity contribution in [2.24, 2.45) is 17.8 Å². The standard InChI is InChI=1S/C20H29ClN4O4/c1-19(2,3)28-17(26)25(18(27)29-20(4,5)6)11-14-12-9-24(10-13(12)14)16-8-22-15(21)7-23-16/h7-8,12-14H,9-11H2,1-6H3/t12-,13+,14?. The number of hydrogen-bond acceptors (Lipinski definition) is 7. The van der Waals surface area contributed by atoms with Gasteiger partial charge in [-0.2, -0.15) is 0 Å². The third-order valence-corrected chi connectivity index (χ3v) is 5.12. The topological polar surface area (TPSA) is 84.9 Å². The van der Waals surface area contributed by atoms with Crippen LogP contribution in [0.2, 0.25) is 5.15 Å². The van der Waals surface area contributed by atoms with Crippen LogP contribution in [0.5, 0.6) is 0 Å². The Labute approximate surface area is 176 Å². The van der Waals surface area contributed by atoms with Crippen LogP contribution in [-0.4, -0.2) is 57.9 Å². The molecule has 1 saturated carbocycles. The third kappa shape index (κ3) is 5.50. The van der Waals surface area contributed by atoms with Gasteiger partial charge < -0.3 is 14.4 Å². The number of amides is 2. The van der Waals surface area contributed by atoms with Gasteiger partial charge in [-0.05, 0) is 59.3 Å². The van der Waals surface area contributed by atoms with E-state index < -0.39 is 23.4 Å². The van der Waals surface area contributed by atoms with Crippen LogP contribution in [-0.2, 0) is 9.47 Å². The molecular formula is C20H29ClN4O4. The molecule has 1 aromatic heterocycles. The predicted octanol–water partition coefficient (Wildman–Crippen LogP) is 3.98. The number of piperidine rings is 1. The predicted molar refractivity (Wildman–Crippen MR) is 109 cm³/mol. The van der Waals surface area contributed by atoms with Gasteiger partial charge in [0.15, 0.2) is 0 Å². The normalized spacial score (nSPS) is 23.4. The Morgan fingerprint density at radius 3 is 1.97 bits per heavy atom. The summed E-state index contributed by atoms with van der Waals surface area (Å²) >= 11 is 5.80. The van der Waals surface area contributed by atoms with Crippen LogP contribution in [0.25, 0.3) is 0 Å². The molecule has 1 aliphatic carbocycles. The molecule has 3 rings (SSSR count). The van der Waals surface area contributed by atoms with Crippen LogP contribution < -0.4 is 4.90 Å². The van der Waals surface area contributed by atoms with Crippen molar-refractivity contribution >= 4 is 29.6 Å². The largest absolute Gasteiger partial charge is 0.443 e. The first-order valence-electron chi connectivity index (χ1n) is 9.80. The number of carbonyl (C=O) groups excluding carboxylic acids is 2. The van der Waals surface area contributed by atoms with E-state index in [2.05, 4.69) is 14.9 Å². The van der Waals surface area contributed by atoms with Crippen molar-refractivity contribution in [2.75, 3.05) is 24.5 Å². The van der Waals surface area contributed by atoms with Crippen molar-refractivity contribution in [1.82, 2.24) is 14.9 Å². The molecule has 1 aliphatic heterocycles. The maximum atomic E-state index is 12.6. The monoisotopic (exact) mass is 424 g/mol. The van der Waals surface area contributed by atoms with Gasteiger partial charge in [0.25, 0.3) is 0 Å². The van der Waals surface area contributed by atoms with Gasteiger partial charge in [-0.1, -0.05) is 11.6 Å². The average Bonchev–Trinajstić information content (AvgIpc) is 2.99. The highest BCUT2D eigenvalue weighted by atomic mass is 35.5. The first-order chi connectivity index (χ1) is 13.3. The molecular weight excluding hydrogens is 396 g/mol. The molecule has 29 heavy (non-hydrogen) atoms. The lowest BCUT2D eigenvalue weighted by molar-refractivity contribution is 0.0000876. The van der Waals surface area contributed by atoms with E-state index in [0.29, 0.717) is 23.5 Å². The van der Waals surface area contributed by atoms with Crippen LogP contribution in [0.4, 0.5) is 15.4 Å². The second-order valence-electron chi connectivity index (χ2n) is 9.67. The highest BCUT2D eigenvalue weighted by Gasteiger charge is 2.57. The van der Waals surface area contributed by atoms with E-state index in [1.807, 2.05) is 0 Å². The second kappa shape index (κ2) is 7.63. The zero-order valence-corrected chi connectivity index (χ0v) is 18.6. The van der Waals surface area contributed by atoms with Crippen molar-refractivity contribution in [3.8, 4) is 0 Å². The molecule has 2 fully saturated rings. The molecule has 8 nitrogen and oxygen atoms in total. The summed E-state index contributed by atoms with van der Waals surface area (Å²) < 4.78 is 10.9. The van der Waals surface area contributed by atoms with Crippen molar-refractivity contribution in [3.05, 3.63) is 17.5 Å². The molecule has 9 heteroatoms. The fourth-order valence-corrected chi connectivity index (χ4v) is 3.74.